The van der Waals surface area contributed by atoms with Gasteiger partial charge in [0.15, 0.2) is 0 Å². The zero-order valence-corrected chi connectivity index (χ0v) is 11.8. The molecule has 0 fully saturated rings. The summed E-state index contributed by atoms with van der Waals surface area (Å²) >= 11 is 0. The summed E-state index contributed by atoms with van der Waals surface area (Å²) in [7, 11) is 0. The van der Waals surface area contributed by atoms with Crippen molar-refractivity contribution < 1.29 is 14.6 Å². The average Bonchev–Trinajstić information content (AvgIpc) is 2.47. The number of carbonyl (C=O) groups excluding carboxylic acids is 1. The summed E-state index contributed by atoms with van der Waals surface area (Å²) in [4.78, 5) is 11.9. The molecule has 0 atom stereocenters. The number of amides is 1. The Morgan fingerprint density at radius 1 is 1.24 bits per heavy atom. The molecule has 2 aromatic carbocycles. The van der Waals surface area contributed by atoms with Crippen molar-refractivity contribution in [2.45, 2.75) is 6.92 Å². The van der Waals surface area contributed by atoms with E-state index in [0.29, 0.717) is 24.6 Å². The Morgan fingerprint density at radius 2 is 1.95 bits per heavy atom. The standard InChI is InChI=1S/C16H18N2O3/c1-11-2-7-15(19)14(10-11)16(20)18-8-9-21-13-5-3-12(17)4-6-13/h2-7,10,19H,8-9,17H2,1H3,(H,18,20). The van der Waals surface area contributed by atoms with Crippen molar-refractivity contribution in [3.8, 4) is 11.5 Å². The Bertz CT molecular complexity index is 624. The van der Waals surface area contributed by atoms with Gasteiger partial charge in [0, 0.05) is 5.69 Å². The van der Waals surface area contributed by atoms with Crippen molar-refractivity contribution in [3.63, 3.8) is 0 Å². The van der Waals surface area contributed by atoms with E-state index in [1.54, 1.807) is 36.4 Å². The summed E-state index contributed by atoms with van der Waals surface area (Å²) in [6.45, 7) is 2.54. The van der Waals surface area contributed by atoms with Crippen LogP contribution in [-0.4, -0.2) is 24.2 Å². The maximum Gasteiger partial charge on any atom is 0.255 e. The number of hydrogen-bond acceptors (Lipinski definition) is 4. The molecule has 0 aliphatic heterocycles. The van der Waals surface area contributed by atoms with Crippen LogP contribution in [0.25, 0.3) is 0 Å². The van der Waals surface area contributed by atoms with Gasteiger partial charge in [-0.25, -0.2) is 0 Å². The third-order valence-electron chi connectivity index (χ3n) is 2.93. The minimum absolute atomic E-state index is 0.0300. The van der Waals surface area contributed by atoms with E-state index in [1.165, 1.54) is 6.07 Å². The molecular weight excluding hydrogens is 268 g/mol. The maximum absolute atomic E-state index is 11.9. The van der Waals surface area contributed by atoms with Crippen LogP contribution in [0.5, 0.6) is 11.5 Å². The number of nitrogens with one attached hydrogen (secondary N) is 1. The predicted octanol–water partition coefficient (Wildman–Crippen LogP) is 2.09. The van der Waals surface area contributed by atoms with Crippen molar-refractivity contribution in [3.05, 3.63) is 53.6 Å². The van der Waals surface area contributed by atoms with Crippen LogP contribution in [0.1, 0.15) is 15.9 Å². The van der Waals surface area contributed by atoms with Gasteiger partial charge >= 0.3 is 0 Å². The van der Waals surface area contributed by atoms with Gasteiger partial charge in [0.1, 0.15) is 18.1 Å². The van der Waals surface area contributed by atoms with Gasteiger partial charge in [-0.3, -0.25) is 4.79 Å². The number of rotatable bonds is 5. The molecule has 0 saturated heterocycles. The minimum atomic E-state index is -0.322. The molecule has 0 radical (unpaired) electrons. The Balaban J connectivity index is 1.81. The van der Waals surface area contributed by atoms with Crippen molar-refractivity contribution in [1.29, 1.82) is 0 Å². The van der Waals surface area contributed by atoms with Crippen LogP contribution >= 0.6 is 0 Å². The lowest BCUT2D eigenvalue weighted by Crippen LogP contribution is -2.28. The zero-order valence-electron chi connectivity index (χ0n) is 11.8. The predicted molar refractivity (Wildman–Crippen MR) is 81.5 cm³/mol. The van der Waals surface area contributed by atoms with E-state index < -0.39 is 0 Å². The van der Waals surface area contributed by atoms with Crippen molar-refractivity contribution in [2.24, 2.45) is 0 Å². The molecule has 0 aliphatic rings. The first-order valence-electron chi connectivity index (χ1n) is 6.62. The van der Waals surface area contributed by atoms with E-state index in [2.05, 4.69) is 5.32 Å². The number of aryl methyl sites for hydroxylation is 1. The third-order valence-corrected chi connectivity index (χ3v) is 2.93. The van der Waals surface area contributed by atoms with Gasteiger partial charge in [0.05, 0.1) is 12.1 Å². The van der Waals surface area contributed by atoms with E-state index in [9.17, 15) is 9.90 Å². The second-order valence-corrected chi connectivity index (χ2v) is 4.69. The number of phenolic OH excluding ortho intramolecular Hbond substituents is 1. The maximum atomic E-state index is 11.9. The highest BCUT2D eigenvalue weighted by Crippen LogP contribution is 2.17. The molecule has 5 nitrogen and oxygen atoms in total. The molecule has 2 aromatic rings. The topological polar surface area (TPSA) is 84.6 Å². The molecule has 0 spiro atoms. The van der Waals surface area contributed by atoms with Crippen LogP contribution in [0, 0.1) is 6.92 Å². The van der Waals surface area contributed by atoms with Crippen molar-refractivity contribution in [2.75, 3.05) is 18.9 Å². The second-order valence-electron chi connectivity index (χ2n) is 4.69. The second kappa shape index (κ2) is 6.65. The van der Waals surface area contributed by atoms with Gasteiger partial charge < -0.3 is 20.9 Å². The molecule has 0 bridgehead atoms. The first-order chi connectivity index (χ1) is 10.1. The Labute approximate surface area is 123 Å². The third kappa shape index (κ3) is 4.14. The number of anilines is 1. The van der Waals surface area contributed by atoms with Gasteiger partial charge in [-0.05, 0) is 43.3 Å². The number of benzene rings is 2. The van der Waals surface area contributed by atoms with Crippen LogP contribution in [0.4, 0.5) is 5.69 Å². The lowest BCUT2D eigenvalue weighted by atomic mass is 10.1. The number of hydrogen-bond donors (Lipinski definition) is 3. The summed E-state index contributed by atoms with van der Waals surface area (Å²) in [6.07, 6.45) is 0. The average molecular weight is 286 g/mol. The van der Waals surface area contributed by atoms with Gasteiger partial charge in [-0.2, -0.15) is 0 Å². The molecule has 5 heteroatoms. The summed E-state index contributed by atoms with van der Waals surface area (Å²) in [5.74, 6) is 0.339. The van der Waals surface area contributed by atoms with Crippen LogP contribution < -0.4 is 15.8 Å². The zero-order chi connectivity index (χ0) is 15.2. The molecule has 2 rings (SSSR count). The Kier molecular flexibility index (Phi) is 4.66. The summed E-state index contributed by atoms with van der Waals surface area (Å²) in [5, 5.41) is 12.4. The molecule has 110 valence electrons. The van der Waals surface area contributed by atoms with Crippen molar-refractivity contribution >= 4 is 11.6 Å². The fourth-order valence-electron chi connectivity index (χ4n) is 1.82. The van der Waals surface area contributed by atoms with Crippen molar-refractivity contribution in [1.82, 2.24) is 5.32 Å². The quantitative estimate of drug-likeness (QED) is 0.580. The number of carbonyl (C=O) groups is 1. The SMILES string of the molecule is Cc1ccc(O)c(C(=O)NCCOc2ccc(N)cc2)c1. The highest BCUT2D eigenvalue weighted by atomic mass is 16.5. The first-order valence-corrected chi connectivity index (χ1v) is 6.62. The van der Waals surface area contributed by atoms with Crippen LogP contribution in [0.3, 0.4) is 0 Å². The van der Waals surface area contributed by atoms with E-state index in [-0.39, 0.29) is 17.2 Å². The molecule has 4 N–H and O–H groups in total. The fraction of sp³-hybridized carbons (Fsp3) is 0.188. The number of nitrogen functional groups attached to an aromatic ring is 1. The molecule has 0 unspecified atom stereocenters. The van der Waals surface area contributed by atoms with E-state index in [0.717, 1.165) is 5.56 Å². The molecule has 21 heavy (non-hydrogen) atoms. The number of phenols is 1. The van der Waals surface area contributed by atoms with Crippen LogP contribution in [-0.2, 0) is 0 Å². The number of nitrogens with two attached hydrogens (primary N) is 1. The molecular formula is C16H18N2O3. The van der Waals surface area contributed by atoms with Gasteiger partial charge in [-0.15, -0.1) is 0 Å². The smallest absolute Gasteiger partial charge is 0.255 e. The van der Waals surface area contributed by atoms with E-state index >= 15 is 0 Å². The lowest BCUT2D eigenvalue weighted by Gasteiger charge is -2.09. The summed E-state index contributed by atoms with van der Waals surface area (Å²) < 4.78 is 5.47. The van der Waals surface area contributed by atoms with Gasteiger partial charge in [0.25, 0.3) is 5.91 Å². The first kappa shape index (κ1) is 14.7. The molecule has 0 heterocycles. The van der Waals surface area contributed by atoms with Crippen LogP contribution in [0.15, 0.2) is 42.5 Å². The Hall–Kier alpha value is -2.69. The van der Waals surface area contributed by atoms with E-state index in [4.69, 9.17) is 10.5 Å². The highest BCUT2D eigenvalue weighted by molar-refractivity contribution is 5.96. The Morgan fingerprint density at radius 3 is 2.67 bits per heavy atom. The van der Waals surface area contributed by atoms with Gasteiger partial charge in [-0.1, -0.05) is 11.6 Å². The highest BCUT2D eigenvalue weighted by Gasteiger charge is 2.10. The normalized spacial score (nSPS) is 10.1. The monoisotopic (exact) mass is 286 g/mol. The van der Waals surface area contributed by atoms with E-state index in [1.807, 2.05) is 6.92 Å². The molecule has 0 aliphatic carbocycles. The number of aromatic hydroxyl groups is 1. The lowest BCUT2D eigenvalue weighted by molar-refractivity contribution is 0.0944. The minimum Gasteiger partial charge on any atom is -0.507 e. The van der Waals surface area contributed by atoms with Crippen LogP contribution in [0.2, 0.25) is 0 Å². The molecule has 0 aromatic heterocycles. The number of ether oxygens (including phenoxy) is 1. The fourth-order valence-corrected chi connectivity index (χ4v) is 1.82. The summed E-state index contributed by atoms with van der Waals surface area (Å²) in [6, 6.07) is 11.9. The summed E-state index contributed by atoms with van der Waals surface area (Å²) in [5.41, 5.74) is 7.43. The molecule has 0 saturated carbocycles. The largest absolute Gasteiger partial charge is 0.507 e. The molecule has 1 amide bonds. The van der Waals surface area contributed by atoms with Gasteiger partial charge in [0.2, 0.25) is 0 Å².